The first-order valence-corrected chi connectivity index (χ1v) is 9.22. The van der Waals surface area contributed by atoms with Gasteiger partial charge in [-0.3, -0.25) is 4.79 Å². The molecule has 0 aliphatic heterocycles. The number of carbonyl (C=O) groups excluding carboxylic acids is 2. The Labute approximate surface area is 161 Å². The topological polar surface area (TPSA) is 79.5 Å². The van der Waals surface area contributed by atoms with Gasteiger partial charge in [0.15, 0.2) is 6.61 Å². The highest BCUT2D eigenvalue weighted by molar-refractivity contribution is 7.09. The zero-order valence-corrected chi connectivity index (χ0v) is 15.3. The van der Waals surface area contributed by atoms with E-state index in [1.165, 1.54) is 0 Å². The van der Waals surface area contributed by atoms with Crippen molar-refractivity contribution >= 4 is 34.6 Å². The largest absolute Gasteiger partial charge is 0.484 e. The summed E-state index contributed by atoms with van der Waals surface area (Å²) < 4.78 is 5.50. The highest BCUT2D eigenvalue weighted by Gasteiger charge is 2.06. The first-order chi connectivity index (χ1) is 13.2. The van der Waals surface area contributed by atoms with Crippen LogP contribution in [0.3, 0.4) is 0 Å². The fraction of sp³-hybridized carbons (Fsp3) is 0.100. The first-order valence-electron chi connectivity index (χ1n) is 8.34. The van der Waals surface area contributed by atoms with E-state index in [4.69, 9.17) is 4.74 Å². The Balaban J connectivity index is 1.46. The Bertz CT molecular complexity index is 883. The van der Waals surface area contributed by atoms with E-state index in [1.807, 2.05) is 35.7 Å². The van der Waals surface area contributed by atoms with Crippen LogP contribution in [0.4, 0.5) is 16.2 Å². The first kappa shape index (κ1) is 18.5. The van der Waals surface area contributed by atoms with Crippen LogP contribution in [0.25, 0.3) is 0 Å². The molecule has 0 saturated heterocycles. The Morgan fingerprint density at radius 3 is 2.48 bits per heavy atom. The molecule has 3 N–H and O–H groups in total. The summed E-state index contributed by atoms with van der Waals surface area (Å²) >= 11 is 1.58. The van der Waals surface area contributed by atoms with Gasteiger partial charge in [-0.1, -0.05) is 30.3 Å². The van der Waals surface area contributed by atoms with E-state index in [0.29, 0.717) is 23.7 Å². The predicted molar refractivity (Wildman–Crippen MR) is 107 cm³/mol. The number of para-hydroxylation sites is 1. The van der Waals surface area contributed by atoms with Crippen molar-refractivity contribution in [3.05, 3.63) is 77.0 Å². The lowest BCUT2D eigenvalue weighted by Gasteiger charge is -2.10. The minimum absolute atomic E-state index is 0.122. The van der Waals surface area contributed by atoms with Crippen LogP contribution in [0.15, 0.2) is 72.1 Å². The van der Waals surface area contributed by atoms with Gasteiger partial charge in [0.1, 0.15) is 5.75 Å². The fourth-order valence-electron chi connectivity index (χ4n) is 2.29. The van der Waals surface area contributed by atoms with Crippen LogP contribution in [0.5, 0.6) is 5.75 Å². The highest BCUT2D eigenvalue weighted by Crippen LogP contribution is 2.17. The van der Waals surface area contributed by atoms with Crippen molar-refractivity contribution in [2.45, 2.75) is 6.54 Å². The molecule has 0 atom stereocenters. The number of anilines is 2. The number of rotatable bonds is 7. The average Bonchev–Trinajstić information content (AvgIpc) is 3.20. The van der Waals surface area contributed by atoms with E-state index in [0.717, 1.165) is 4.88 Å². The molecule has 0 radical (unpaired) electrons. The van der Waals surface area contributed by atoms with Crippen LogP contribution in [-0.2, 0) is 11.3 Å². The highest BCUT2D eigenvalue weighted by atomic mass is 32.1. The molecular formula is C20H19N3O3S. The van der Waals surface area contributed by atoms with Gasteiger partial charge >= 0.3 is 6.03 Å². The van der Waals surface area contributed by atoms with Gasteiger partial charge < -0.3 is 20.7 Å². The second-order valence-corrected chi connectivity index (χ2v) is 6.65. The summed E-state index contributed by atoms with van der Waals surface area (Å²) in [5.41, 5.74) is 1.29. The van der Waals surface area contributed by atoms with Crippen molar-refractivity contribution in [1.82, 2.24) is 5.32 Å². The Morgan fingerprint density at radius 1 is 0.889 bits per heavy atom. The molecule has 3 rings (SSSR count). The summed E-state index contributed by atoms with van der Waals surface area (Å²) in [6.07, 6.45) is 0. The molecule has 27 heavy (non-hydrogen) atoms. The minimum atomic E-state index is -0.303. The molecule has 3 amide bonds. The third-order valence-corrected chi connectivity index (χ3v) is 4.40. The van der Waals surface area contributed by atoms with E-state index in [-0.39, 0.29) is 18.5 Å². The van der Waals surface area contributed by atoms with Crippen LogP contribution in [0, 0.1) is 0 Å². The molecule has 3 aromatic rings. The number of urea groups is 1. The smallest absolute Gasteiger partial charge is 0.319 e. The molecule has 0 bridgehead atoms. The number of thiophene rings is 1. The maximum atomic E-state index is 12.0. The third-order valence-electron chi connectivity index (χ3n) is 3.52. The molecule has 1 aromatic heterocycles. The SMILES string of the molecule is O=C(COc1cccc(NC(=O)NCc2cccs2)c1)Nc1ccccc1. The van der Waals surface area contributed by atoms with Crippen molar-refractivity contribution in [2.75, 3.05) is 17.2 Å². The molecule has 0 fully saturated rings. The average molecular weight is 381 g/mol. The minimum Gasteiger partial charge on any atom is -0.484 e. The van der Waals surface area contributed by atoms with E-state index < -0.39 is 0 Å². The van der Waals surface area contributed by atoms with Gasteiger partial charge in [-0.25, -0.2) is 4.79 Å². The van der Waals surface area contributed by atoms with Crippen molar-refractivity contribution in [3.63, 3.8) is 0 Å². The number of benzene rings is 2. The summed E-state index contributed by atoms with van der Waals surface area (Å²) in [5, 5.41) is 10.2. The summed E-state index contributed by atoms with van der Waals surface area (Å²) in [6.45, 7) is 0.349. The van der Waals surface area contributed by atoms with Crippen LogP contribution < -0.4 is 20.7 Å². The maximum absolute atomic E-state index is 12.0. The molecule has 7 heteroatoms. The molecule has 0 spiro atoms. The van der Waals surface area contributed by atoms with Crippen LogP contribution in [-0.4, -0.2) is 18.5 Å². The van der Waals surface area contributed by atoms with Crippen molar-refractivity contribution < 1.29 is 14.3 Å². The number of ether oxygens (including phenoxy) is 1. The van der Waals surface area contributed by atoms with Crippen LogP contribution in [0.1, 0.15) is 4.88 Å². The van der Waals surface area contributed by atoms with E-state index in [2.05, 4.69) is 16.0 Å². The molecule has 138 valence electrons. The standard InChI is InChI=1S/C20H19N3O3S/c24-19(22-15-6-2-1-3-7-15)14-26-17-9-4-8-16(12-17)23-20(25)21-13-18-10-5-11-27-18/h1-12H,13-14H2,(H,22,24)(H2,21,23,25). The summed E-state index contributed by atoms with van der Waals surface area (Å²) in [4.78, 5) is 25.0. The van der Waals surface area contributed by atoms with E-state index in [9.17, 15) is 9.59 Å². The fourth-order valence-corrected chi connectivity index (χ4v) is 2.93. The molecule has 1 heterocycles. The normalized spacial score (nSPS) is 10.1. The summed E-state index contributed by atoms with van der Waals surface area (Å²) in [7, 11) is 0. The molecule has 0 saturated carbocycles. The number of nitrogens with one attached hydrogen (secondary N) is 3. The van der Waals surface area contributed by atoms with Crippen molar-refractivity contribution in [2.24, 2.45) is 0 Å². The Hall–Kier alpha value is -3.32. The van der Waals surface area contributed by atoms with Gasteiger partial charge in [-0.2, -0.15) is 0 Å². The molecule has 2 aromatic carbocycles. The van der Waals surface area contributed by atoms with Gasteiger partial charge in [0.2, 0.25) is 0 Å². The molecule has 0 aliphatic carbocycles. The second-order valence-electron chi connectivity index (χ2n) is 5.62. The van der Waals surface area contributed by atoms with Gasteiger partial charge in [0.25, 0.3) is 5.91 Å². The van der Waals surface area contributed by atoms with Gasteiger partial charge in [-0.05, 0) is 35.7 Å². The summed E-state index contributed by atoms with van der Waals surface area (Å²) in [5.74, 6) is 0.238. The Morgan fingerprint density at radius 2 is 1.70 bits per heavy atom. The zero-order chi connectivity index (χ0) is 18.9. The third kappa shape index (κ3) is 6.16. The number of amides is 3. The monoisotopic (exact) mass is 381 g/mol. The molecular weight excluding hydrogens is 362 g/mol. The van der Waals surface area contributed by atoms with Crippen molar-refractivity contribution in [3.8, 4) is 5.75 Å². The van der Waals surface area contributed by atoms with Crippen molar-refractivity contribution in [1.29, 1.82) is 0 Å². The molecule has 6 nitrogen and oxygen atoms in total. The lowest BCUT2D eigenvalue weighted by atomic mass is 10.3. The zero-order valence-electron chi connectivity index (χ0n) is 14.5. The van der Waals surface area contributed by atoms with Gasteiger partial charge in [-0.15, -0.1) is 11.3 Å². The number of hydrogen-bond acceptors (Lipinski definition) is 4. The lowest BCUT2D eigenvalue weighted by molar-refractivity contribution is -0.118. The molecule has 0 aliphatic rings. The van der Waals surface area contributed by atoms with Gasteiger partial charge in [0, 0.05) is 22.3 Å². The quantitative estimate of drug-likeness (QED) is 0.577. The summed E-state index contributed by atoms with van der Waals surface area (Å²) in [6, 6.07) is 19.7. The van der Waals surface area contributed by atoms with Crippen LogP contribution in [0.2, 0.25) is 0 Å². The number of carbonyl (C=O) groups is 2. The maximum Gasteiger partial charge on any atom is 0.319 e. The second kappa shape index (κ2) is 9.40. The van der Waals surface area contributed by atoms with Gasteiger partial charge in [0.05, 0.1) is 6.54 Å². The lowest BCUT2D eigenvalue weighted by Crippen LogP contribution is -2.27. The predicted octanol–water partition coefficient (Wildman–Crippen LogP) is 4.09. The van der Waals surface area contributed by atoms with E-state index >= 15 is 0 Å². The number of hydrogen-bond donors (Lipinski definition) is 3. The van der Waals surface area contributed by atoms with E-state index in [1.54, 1.807) is 47.7 Å². The van der Waals surface area contributed by atoms with Crippen LogP contribution >= 0.6 is 11.3 Å². The Kier molecular flexibility index (Phi) is 6.43. The molecule has 0 unspecified atom stereocenters.